The highest BCUT2D eigenvalue weighted by Gasteiger charge is 2.30. The van der Waals surface area contributed by atoms with Crippen LogP contribution in [0, 0.1) is 0 Å². The van der Waals surface area contributed by atoms with Crippen molar-refractivity contribution in [2.45, 2.75) is 18.4 Å². The molecule has 7 heteroatoms. The minimum Gasteiger partial charge on any atom is -0.388 e. The number of hydrogen-bond acceptors (Lipinski definition) is 5. The second kappa shape index (κ2) is 4.72. The first-order chi connectivity index (χ1) is 8.09. The minimum absolute atomic E-state index is 0.202. The van der Waals surface area contributed by atoms with Crippen LogP contribution in [0.25, 0.3) is 0 Å². The van der Waals surface area contributed by atoms with Gasteiger partial charge in [0.15, 0.2) is 0 Å². The number of H-pyrrole nitrogens is 1. The van der Waals surface area contributed by atoms with E-state index < -0.39 is 5.60 Å². The average molecular weight is 240 g/mol. The number of nitrogens with one attached hydrogen (secondary N) is 2. The van der Waals surface area contributed by atoms with Gasteiger partial charge in [-0.05, 0) is 0 Å². The fourth-order valence-electron chi connectivity index (χ4n) is 1.72. The monoisotopic (exact) mass is 240 g/mol. The number of nitrogens with zero attached hydrogens (tertiary/aromatic N) is 1. The number of nitrogen functional groups attached to an aromatic ring is 1. The zero-order valence-corrected chi connectivity index (χ0v) is 9.40. The molecule has 17 heavy (non-hydrogen) atoms. The fourth-order valence-corrected chi connectivity index (χ4v) is 1.72. The highest BCUT2D eigenvalue weighted by Crippen LogP contribution is 2.19. The standard InChI is InChI=1S/C10H16N4O3/c11-8-5-7(13-14-8)9(15)12-6-10(16)1-3-17-4-2-10/h5,16H,1-4,6H2,(H,12,15)(H3,11,13,14). The summed E-state index contributed by atoms with van der Waals surface area (Å²) in [4.78, 5) is 11.7. The number of ether oxygens (including phenoxy) is 1. The first kappa shape index (κ1) is 11.9. The van der Waals surface area contributed by atoms with E-state index in [2.05, 4.69) is 15.5 Å². The largest absolute Gasteiger partial charge is 0.388 e. The molecule has 1 fully saturated rings. The summed E-state index contributed by atoms with van der Waals surface area (Å²) in [5.41, 5.74) is 4.81. The van der Waals surface area contributed by atoms with Crippen molar-refractivity contribution in [2.75, 3.05) is 25.5 Å². The maximum atomic E-state index is 11.7. The second-order valence-corrected chi connectivity index (χ2v) is 4.23. The first-order valence-corrected chi connectivity index (χ1v) is 5.48. The molecule has 2 heterocycles. The molecule has 0 atom stereocenters. The van der Waals surface area contributed by atoms with Crippen LogP contribution in [0.4, 0.5) is 5.82 Å². The van der Waals surface area contributed by atoms with Gasteiger partial charge in [-0.1, -0.05) is 0 Å². The first-order valence-electron chi connectivity index (χ1n) is 5.48. The normalized spacial score (nSPS) is 18.9. The zero-order chi connectivity index (χ0) is 12.3. The Kier molecular flexibility index (Phi) is 3.30. The van der Waals surface area contributed by atoms with Gasteiger partial charge in [-0.3, -0.25) is 9.89 Å². The van der Waals surface area contributed by atoms with Crippen molar-refractivity contribution in [3.05, 3.63) is 11.8 Å². The van der Waals surface area contributed by atoms with Gasteiger partial charge in [0.2, 0.25) is 0 Å². The average Bonchev–Trinajstić information content (AvgIpc) is 2.74. The van der Waals surface area contributed by atoms with Gasteiger partial charge in [-0.2, -0.15) is 5.10 Å². The van der Waals surface area contributed by atoms with E-state index in [0.29, 0.717) is 26.1 Å². The van der Waals surface area contributed by atoms with Crippen LogP contribution in [0.5, 0.6) is 0 Å². The number of aromatic nitrogens is 2. The van der Waals surface area contributed by atoms with E-state index in [0.717, 1.165) is 0 Å². The number of aliphatic hydroxyl groups is 1. The molecule has 5 N–H and O–H groups in total. The van der Waals surface area contributed by atoms with Gasteiger partial charge in [0.25, 0.3) is 5.91 Å². The number of rotatable bonds is 3. The Balaban J connectivity index is 1.87. The molecule has 1 aliphatic heterocycles. The minimum atomic E-state index is -0.876. The summed E-state index contributed by atoms with van der Waals surface area (Å²) in [6.07, 6.45) is 1.05. The predicted molar refractivity (Wildman–Crippen MR) is 60.3 cm³/mol. The van der Waals surface area contributed by atoms with E-state index in [9.17, 15) is 9.90 Å². The van der Waals surface area contributed by atoms with E-state index >= 15 is 0 Å². The van der Waals surface area contributed by atoms with E-state index in [4.69, 9.17) is 10.5 Å². The summed E-state index contributed by atoms with van der Waals surface area (Å²) in [6.45, 7) is 1.24. The molecule has 0 aliphatic carbocycles. The molecule has 0 radical (unpaired) electrons. The SMILES string of the molecule is Nc1cc(C(=O)NCC2(O)CCOCC2)[nH]n1. The number of anilines is 1. The number of carbonyl (C=O) groups is 1. The molecule has 0 saturated carbocycles. The van der Waals surface area contributed by atoms with Crippen molar-refractivity contribution in [3.8, 4) is 0 Å². The maximum Gasteiger partial charge on any atom is 0.269 e. The molecule has 1 aromatic rings. The Hall–Kier alpha value is -1.60. The zero-order valence-electron chi connectivity index (χ0n) is 9.40. The van der Waals surface area contributed by atoms with Crippen LogP contribution in [0.15, 0.2) is 6.07 Å². The van der Waals surface area contributed by atoms with E-state index in [1.807, 2.05) is 0 Å². The van der Waals surface area contributed by atoms with Gasteiger partial charge in [0.05, 0.1) is 5.60 Å². The molecule has 0 bridgehead atoms. The molecule has 7 nitrogen and oxygen atoms in total. The summed E-state index contributed by atoms with van der Waals surface area (Å²) < 4.78 is 5.15. The van der Waals surface area contributed by atoms with E-state index in [-0.39, 0.29) is 24.0 Å². The molecule has 0 unspecified atom stereocenters. The molecule has 1 amide bonds. The molecule has 1 saturated heterocycles. The van der Waals surface area contributed by atoms with E-state index in [1.54, 1.807) is 0 Å². The summed E-state index contributed by atoms with van der Waals surface area (Å²) in [5, 5.41) is 18.9. The van der Waals surface area contributed by atoms with Gasteiger partial charge in [0.1, 0.15) is 11.5 Å². The van der Waals surface area contributed by atoms with Crippen molar-refractivity contribution >= 4 is 11.7 Å². The molecule has 0 aromatic carbocycles. The lowest BCUT2D eigenvalue weighted by Gasteiger charge is -2.31. The van der Waals surface area contributed by atoms with Gasteiger partial charge in [-0.15, -0.1) is 0 Å². The highest BCUT2D eigenvalue weighted by molar-refractivity contribution is 5.92. The van der Waals surface area contributed by atoms with Crippen LogP contribution in [0.2, 0.25) is 0 Å². The van der Waals surface area contributed by atoms with Crippen molar-refractivity contribution in [1.82, 2.24) is 15.5 Å². The summed E-state index contributed by atoms with van der Waals surface area (Å²) >= 11 is 0. The lowest BCUT2D eigenvalue weighted by atomic mass is 9.94. The Morgan fingerprint density at radius 1 is 1.65 bits per heavy atom. The molecule has 1 aromatic heterocycles. The number of carbonyl (C=O) groups excluding carboxylic acids is 1. The van der Waals surface area contributed by atoms with Crippen molar-refractivity contribution in [1.29, 1.82) is 0 Å². The Bertz CT molecular complexity index is 398. The van der Waals surface area contributed by atoms with E-state index in [1.165, 1.54) is 6.07 Å². The number of aromatic amines is 1. The van der Waals surface area contributed by atoms with Crippen LogP contribution >= 0.6 is 0 Å². The molecule has 94 valence electrons. The van der Waals surface area contributed by atoms with Crippen molar-refractivity contribution in [3.63, 3.8) is 0 Å². The molecule has 2 rings (SSSR count). The quantitative estimate of drug-likeness (QED) is 0.556. The van der Waals surface area contributed by atoms with Crippen LogP contribution in [0.3, 0.4) is 0 Å². The lowest BCUT2D eigenvalue weighted by molar-refractivity contribution is -0.0605. The van der Waals surface area contributed by atoms with Crippen molar-refractivity contribution < 1.29 is 14.6 Å². The predicted octanol–water partition coefficient (Wildman–Crippen LogP) is -0.737. The van der Waals surface area contributed by atoms with Crippen molar-refractivity contribution in [2.24, 2.45) is 0 Å². The summed E-state index contributed by atoms with van der Waals surface area (Å²) in [5.74, 6) is -0.0611. The molecular formula is C10H16N4O3. The smallest absolute Gasteiger partial charge is 0.269 e. The third kappa shape index (κ3) is 2.95. The summed E-state index contributed by atoms with van der Waals surface area (Å²) in [6, 6.07) is 1.45. The van der Waals surface area contributed by atoms with Gasteiger partial charge in [-0.25, -0.2) is 0 Å². The molecule has 1 aliphatic rings. The third-order valence-corrected chi connectivity index (χ3v) is 2.84. The summed E-state index contributed by atoms with van der Waals surface area (Å²) in [7, 11) is 0. The highest BCUT2D eigenvalue weighted by atomic mass is 16.5. The van der Waals surface area contributed by atoms with Crippen LogP contribution in [0.1, 0.15) is 23.3 Å². The molecular weight excluding hydrogens is 224 g/mol. The topological polar surface area (TPSA) is 113 Å². The van der Waals surface area contributed by atoms with Gasteiger partial charge < -0.3 is 20.9 Å². The van der Waals surface area contributed by atoms with Crippen LogP contribution < -0.4 is 11.1 Å². The fraction of sp³-hybridized carbons (Fsp3) is 0.600. The Labute approximate surface area is 98.3 Å². The Morgan fingerprint density at radius 2 is 2.35 bits per heavy atom. The van der Waals surface area contributed by atoms with Gasteiger partial charge >= 0.3 is 0 Å². The maximum absolute atomic E-state index is 11.7. The van der Waals surface area contributed by atoms with Crippen LogP contribution in [-0.2, 0) is 4.74 Å². The number of hydrogen-bond donors (Lipinski definition) is 4. The number of nitrogens with two attached hydrogens (primary N) is 1. The number of amides is 1. The molecule has 0 spiro atoms. The van der Waals surface area contributed by atoms with Gasteiger partial charge in [0, 0.05) is 38.7 Å². The second-order valence-electron chi connectivity index (χ2n) is 4.23. The third-order valence-electron chi connectivity index (χ3n) is 2.84. The Morgan fingerprint density at radius 3 is 2.94 bits per heavy atom. The van der Waals surface area contributed by atoms with Crippen LogP contribution in [-0.4, -0.2) is 46.6 Å². The lowest BCUT2D eigenvalue weighted by Crippen LogP contribution is -2.46.